The van der Waals surface area contributed by atoms with Crippen LogP contribution in [-0.4, -0.2) is 28.8 Å². The Labute approximate surface area is 204 Å². The van der Waals surface area contributed by atoms with E-state index in [1.165, 1.54) is 25.7 Å². The van der Waals surface area contributed by atoms with E-state index in [-0.39, 0.29) is 12.0 Å². The van der Waals surface area contributed by atoms with Gasteiger partial charge in [-0.3, -0.25) is 5.01 Å². The van der Waals surface area contributed by atoms with Crippen molar-refractivity contribution in [3.05, 3.63) is 63.1 Å². The zero-order valence-corrected chi connectivity index (χ0v) is 20.4. The van der Waals surface area contributed by atoms with E-state index in [1.54, 1.807) is 6.07 Å². The molecular weight excluding hydrogens is 471 g/mol. The largest absolute Gasteiger partial charge is 0.308 e. The van der Waals surface area contributed by atoms with Crippen molar-refractivity contribution in [3.8, 4) is 0 Å². The molecule has 2 aliphatic heterocycles. The minimum atomic E-state index is -0.0603. The Hall–Kier alpha value is -1.37. The van der Waals surface area contributed by atoms with E-state index in [1.807, 2.05) is 41.4 Å². The molecule has 4 rings (SSSR count). The third kappa shape index (κ3) is 5.18. The van der Waals surface area contributed by atoms with Gasteiger partial charge in [-0.25, -0.2) is 5.01 Å². The number of anilines is 1. The first kappa shape index (κ1) is 22.8. The van der Waals surface area contributed by atoms with Crippen molar-refractivity contribution < 1.29 is 0 Å². The maximum absolute atomic E-state index is 6.56. The van der Waals surface area contributed by atoms with Crippen LogP contribution in [0, 0.1) is 5.92 Å². The lowest BCUT2D eigenvalue weighted by Crippen LogP contribution is -2.45. The Kier molecular flexibility index (Phi) is 7.40. The highest BCUT2D eigenvalue weighted by atomic mass is 35.5. The van der Waals surface area contributed by atoms with Gasteiger partial charge in [0, 0.05) is 29.1 Å². The van der Waals surface area contributed by atoms with Crippen molar-refractivity contribution >= 4 is 63.4 Å². The van der Waals surface area contributed by atoms with E-state index in [4.69, 9.17) is 52.1 Å². The number of nitrogens with zero attached hydrogens (tertiary/aromatic N) is 3. The number of hydrazone groups is 1. The molecule has 1 N–H and O–H groups in total. The predicted molar refractivity (Wildman–Crippen MR) is 136 cm³/mol. The van der Waals surface area contributed by atoms with Gasteiger partial charge in [0.05, 0.1) is 16.8 Å². The molecule has 1 fully saturated rings. The zero-order valence-electron chi connectivity index (χ0n) is 17.3. The van der Waals surface area contributed by atoms with Crippen LogP contribution >= 0.6 is 47.0 Å². The highest BCUT2D eigenvalue weighted by Gasteiger charge is 2.39. The average molecular weight is 496 g/mol. The first-order valence-corrected chi connectivity index (χ1v) is 12.1. The van der Waals surface area contributed by atoms with Crippen molar-refractivity contribution in [3.63, 3.8) is 0 Å². The fraction of sp³-hybridized carbons (Fsp3) is 0.391. The van der Waals surface area contributed by atoms with E-state index >= 15 is 0 Å². The highest BCUT2D eigenvalue weighted by molar-refractivity contribution is 7.82. The van der Waals surface area contributed by atoms with Gasteiger partial charge in [0.25, 0.3) is 0 Å². The molecule has 2 heterocycles. The number of hydrazine groups is 1. The summed E-state index contributed by atoms with van der Waals surface area (Å²) in [4.78, 5) is 0.668. The van der Waals surface area contributed by atoms with Crippen LogP contribution in [0.2, 0.25) is 15.1 Å². The van der Waals surface area contributed by atoms with Crippen LogP contribution in [0.4, 0.5) is 5.69 Å². The minimum Gasteiger partial charge on any atom is -0.308 e. The lowest BCUT2D eigenvalue weighted by molar-refractivity contribution is 0.248. The summed E-state index contributed by atoms with van der Waals surface area (Å²) in [6.07, 6.45) is 4.89. The van der Waals surface area contributed by atoms with Crippen molar-refractivity contribution in [2.75, 3.05) is 18.1 Å². The van der Waals surface area contributed by atoms with Gasteiger partial charge in [0.2, 0.25) is 0 Å². The summed E-state index contributed by atoms with van der Waals surface area (Å²) in [6, 6.07) is 13.3. The van der Waals surface area contributed by atoms with Crippen LogP contribution in [-0.2, 0) is 0 Å². The van der Waals surface area contributed by atoms with Crippen LogP contribution in [0.1, 0.15) is 44.2 Å². The number of nitrogens with one attached hydrogen (secondary N) is 1. The second-order valence-electron chi connectivity index (χ2n) is 8.05. The molecule has 2 aromatic carbocycles. The summed E-state index contributed by atoms with van der Waals surface area (Å²) < 4.78 is 0. The van der Waals surface area contributed by atoms with Gasteiger partial charge in [-0.05, 0) is 48.7 Å². The normalized spacial score (nSPS) is 22.2. The zero-order chi connectivity index (χ0) is 22.0. The molecule has 8 heteroatoms. The average Bonchev–Trinajstić information content (AvgIpc) is 2.89. The molecule has 0 aliphatic carbocycles. The smallest absolute Gasteiger partial charge is 0.137 e. The van der Waals surface area contributed by atoms with Crippen molar-refractivity contribution in [2.45, 2.75) is 38.6 Å². The summed E-state index contributed by atoms with van der Waals surface area (Å²) in [7, 11) is 0. The topological polar surface area (TPSA) is 30.9 Å². The molecule has 0 spiro atoms. The Morgan fingerprint density at radius 1 is 0.968 bits per heavy atom. The van der Waals surface area contributed by atoms with Gasteiger partial charge < -0.3 is 5.43 Å². The number of benzene rings is 2. The molecular formula is C23H25Cl3N4S. The van der Waals surface area contributed by atoms with Gasteiger partial charge in [-0.1, -0.05) is 78.9 Å². The molecule has 0 amide bonds. The lowest BCUT2D eigenvalue weighted by Gasteiger charge is -2.28. The fourth-order valence-corrected chi connectivity index (χ4v) is 5.20. The first-order valence-electron chi connectivity index (χ1n) is 10.6. The summed E-state index contributed by atoms with van der Waals surface area (Å²) in [5.41, 5.74) is 6.19. The monoisotopic (exact) mass is 494 g/mol. The SMILES string of the molecule is C[C@H]1C(C(=S)NN2CCCCCC2)=NN(c2ccc(Cl)cc2Cl)[C@H]1c1ccc(Cl)cc1. The van der Waals surface area contributed by atoms with Crippen molar-refractivity contribution in [2.24, 2.45) is 11.0 Å². The number of rotatable bonds is 4. The summed E-state index contributed by atoms with van der Waals surface area (Å²) in [6.45, 7) is 4.14. The molecule has 4 nitrogen and oxygen atoms in total. The summed E-state index contributed by atoms with van der Waals surface area (Å²) in [5, 5.41) is 11.0. The second kappa shape index (κ2) is 10.1. The van der Waals surface area contributed by atoms with E-state index in [9.17, 15) is 0 Å². The number of thiocarbonyl (C=S) groups is 1. The third-order valence-electron chi connectivity index (χ3n) is 5.85. The molecule has 164 valence electrons. The molecule has 2 aliphatic rings. The third-order valence-corrected chi connectivity index (χ3v) is 6.94. The van der Waals surface area contributed by atoms with E-state index < -0.39 is 0 Å². The molecule has 31 heavy (non-hydrogen) atoms. The molecule has 2 atom stereocenters. The van der Waals surface area contributed by atoms with Gasteiger partial charge in [0.15, 0.2) is 0 Å². The van der Waals surface area contributed by atoms with Gasteiger partial charge in [0.1, 0.15) is 10.7 Å². The molecule has 0 bridgehead atoms. The summed E-state index contributed by atoms with van der Waals surface area (Å²) >= 11 is 24.6. The maximum Gasteiger partial charge on any atom is 0.137 e. The Morgan fingerprint density at radius 2 is 1.61 bits per heavy atom. The quantitative estimate of drug-likeness (QED) is 0.467. The van der Waals surface area contributed by atoms with Crippen LogP contribution in [0.3, 0.4) is 0 Å². The maximum atomic E-state index is 6.56. The Bertz CT molecular complexity index is 971. The van der Waals surface area contributed by atoms with Gasteiger partial charge in [-0.2, -0.15) is 5.10 Å². The van der Waals surface area contributed by atoms with Gasteiger partial charge >= 0.3 is 0 Å². The van der Waals surface area contributed by atoms with Crippen LogP contribution in [0.5, 0.6) is 0 Å². The standard InChI is InChI=1S/C23H25Cl3N4S/c1-15-21(23(31)28-29-12-4-2-3-5-13-29)27-30(20-11-10-18(25)14-19(20)26)22(15)16-6-8-17(24)9-7-16/h6-11,14-15,22H,2-5,12-13H2,1H3,(H,28,31)/t15-,22+/m0/s1. The molecule has 0 saturated carbocycles. The first-order chi connectivity index (χ1) is 14.9. The van der Waals surface area contributed by atoms with Crippen LogP contribution < -0.4 is 10.4 Å². The fourth-order valence-electron chi connectivity index (χ4n) is 4.23. The summed E-state index contributed by atoms with van der Waals surface area (Å²) in [5.74, 6) is 0.0555. The second-order valence-corrected chi connectivity index (χ2v) is 9.74. The van der Waals surface area contributed by atoms with E-state index in [0.717, 1.165) is 30.1 Å². The number of hydrogen-bond acceptors (Lipinski definition) is 4. The van der Waals surface area contributed by atoms with Crippen LogP contribution in [0.15, 0.2) is 47.6 Å². The van der Waals surface area contributed by atoms with Crippen molar-refractivity contribution in [1.29, 1.82) is 0 Å². The molecule has 0 aromatic heterocycles. The number of halogens is 3. The predicted octanol–water partition coefficient (Wildman–Crippen LogP) is 6.91. The van der Waals surface area contributed by atoms with E-state index in [2.05, 4.69) is 17.4 Å². The molecule has 2 aromatic rings. The van der Waals surface area contributed by atoms with E-state index in [0.29, 0.717) is 20.1 Å². The van der Waals surface area contributed by atoms with Crippen molar-refractivity contribution in [1.82, 2.24) is 10.4 Å². The molecule has 0 radical (unpaired) electrons. The molecule has 1 saturated heterocycles. The Balaban J connectivity index is 1.66. The van der Waals surface area contributed by atoms with Crippen LogP contribution in [0.25, 0.3) is 0 Å². The Morgan fingerprint density at radius 3 is 2.26 bits per heavy atom. The minimum absolute atomic E-state index is 0.0555. The van der Waals surface area contributed by atoms with Gasteiger partial charge in [-0.15, -0.1) is 0 Å². The lowest BCUT2D eigenvalue weighted by atomic mass is 9.91. The number of hydrogen-bond donors (Lipinski definition) is 1. The highest BCUT2D eigenvalue weighted by Crippen LogP contribution is 2.42. The molecule has 0 unspecified atom stereocenters.